The molecular formula is C32H32N2O5SSi. The molecule has 9 heteroatoms. The van der Waals surface area contributed by atoms with Crippen LogP contribution < -0.4 is 15.9 Å². The Balaban J connectivity index is 1.59. The summed E-state index contributed by atoms with van der Waals surface area (Å²) < 4.78 is 13.3. The van der Waals surface area contributed by atoms with E-state index in [0.717, 1.165) is 5.56 Å². The summed E-state index contributed by atoms with van der Waals surface area (Å²) in [5.41, 5.74) is 2.08. The standard InChI is InChI=1S/C32H32N2O5SSi/c1-32(2,3)41(23-14-7-5-8-15-23,24-16-9-6-10-17-24)39-20-19-22-13-11-12-18-25(22)34-29(36)26(31(37)38-4)28(35)27-30(34)40-21-33-27/h5-18,21,35H,19-20H2,1-4H3. The van der Waals surface area contributed by atoms with Gasteiger partial charge in [0.2, 0.25) is 0 Å². The number of carbonyl (C=O) groups is 1. The molecule has 0 atom stereocenters. The Morgan fingerprint density at radius 2 is 1.54 bits per heavy atom. The number of ether oxygens (including phenoxy) is 1. The summed E-state index contributed by atoms with van der Waals surface area (Å²) in [6.45, 7) is 7.11. The average molecular weight is 585 g/mol. The van der Waals surface area contributed by atoms with Gasteiger partial charge in [0.1, 0.15) is 10.3 Å². The van der Waals surface area contributed by atoms with Crippen molar-refractivity contribution >= 4 is 46.3 Å². The maximum atomic E-state index is 13.6. The van der Waals surface area contributed by atoms with Crippen molar-refractivity contribution in [3.8, 4) is 11.4 Å². The van der Waals surface area contributed by atoms with Gasteiger partial charge < -0.3 is 14.3 Å². The predicted octanol–water partition coefficient (Wildman–Crippen LogP) is 5.06. The van der Waals surface area contributed by atoms with Crippen LogP contribution in [0.25, 0.3) is 16.0 Å². The van der Waals surface area contributed by atoms with Crippen LogP contribution in [0.5, 0.6) is 5.75 Å². The summed E-state index contributed by atoms with van der Waals surface area (Å²) in [6.07, 6.45) is 0.516. The van der Waals surface area contributed by atoms with Gasteiger partial charge in [0.15, 0.2) is 11.3 Å². The fourth-order valence-electron chi connectivity index (χ4n) is 5.51. The first-order valence-corrected chi connectivity index (χ1v) is 16.1. The molecule has 0 aliphatic rings. The molecule has 0 saturated heterocycles. The zero-order chi connectivity index (χ0) is 29.2. The second-order valence-corrected chi connectivity index (χ2v) is 15.9. The first-order chi connectivity index (χ1) is 19.7. The lowest BCUT2D eigenvalue weighted by Crippen LogP contribution is -2.66. The van der Waals surface area contributed by atoms with Crippen LogP contribution >= 0.6 is 11.3 Å². The Morgan fingerprint density at radius 1 is 0.951 bits per heavy atom. The minimum atomic E-state index is -2.75. The molecule has 0 radical (unpaired) electrons. The van der Waals surface area contributed by atoms with Crippen molar-refractivity contribution in [1.29, 1.82) is 0 Å². The van der Waals surface area contributed by atoms with Crippen molar-refractivity contribution in [3.63, 3.8) is 0 Å². The molecular weight excluding hydrogens is 553 g/mol. The molecule has 0 bridgehead atoms. The van der Waals surface area contributed by atoms with Crippen LogP contribution in [-0.2, 0) is 15.6 Å². The molecule has 0 fully saturated rings. The van der Waals surface area contributed by atoms with Crippen LogP contribution in [0.4, 0.5) is 0 Å². The minimum absolute atomic E-state index is 0.173. The maximum Gasteiger partial charge on any atom is 0.347 e. The zero-order valence-electron chi connectivity index (χ0n) is 23.5. The zero-order valence-corrected chi connectivity index (χ0v) is 25.3. The molecule has 41 heavy (non-hydrogen) atoms. The molecule has 0 spiro atoms. The number of aromatic nitrogens is 2. The average Bonchev–Trinajstić information content (AvgIpc) is 3.46. The van der Waals surface area contributed by atoms with Gasteiger partial charge in [-0.05, 0) is 33.5 Å². The number of benzene rings is 3. The van der Waals surface area contributed by atoms with Crippen LogP contribution in [0.15, 0.2) is 95.2 Å². The number of hydrogen-bond acceptors (Lipinski definition) is 7. The molecule has 0 saturated carbocycles. The highest BCUT2D eigenvalue weighted by Gasteiger charge is 2.50. The van der Waals surface area contributed by atoms with E-state index in [9.17, 15) is 14.7 Å². The molecule has 1 N–H and O–H groups in total. The molecule has 2 aromatic heterocycles. The molecule has 0 aliphatic carbocycles. The van der Waals surface area contributed by atoms with Crippen molar-refractivity contribution in [3.05, 3.63) is 112 Å². The molecule has 210 valence electrons. The van der Waals surface area contributed by atoms with Crippen LogP contribution in [0.2, 0.25) is 5.04 Å². The maximum absolute atomic E-state index is 13.6. The third-order valence-corrected chi connectivity index (χ3v) is 13.2. The van der Waals surface area contributed by atoms with E-state index < -0.39 is 31.2 Å². The van der Waals surface area contributed by atoms with Crippen LogP contribution in [0, 0.1) is 0 Å². The number of esters is 1. The van der Waals surface area contributed by atoms with Crippen LogP contribution in [-0.4, -0.2) is 42.7 Å². The van der Waals surface area contributed by atoms with Crippen LogP contribution in [0.1, 0.15) is 36.7 Å². The smallest absolute Gasteiger partial charge is 0.347 e. The van der Waals surface area contributed by atoms with E-state index in [2.05, 4.69) is 74.3 Å². The fourth-order valence-corrected chi connectivity index (χ4v) is 10.9. The van der Waals surface area contributed by atoms with Gasteiger partial charge in [0, 0.05) is 6.61 Å². The third kappa shape index (κ3) is 5.01. The highest BCUT2D eigenvalue weighted by molar-refractivity contribution is 7.16. The topological polar surface area (TPSA) is 90.7 Å². The molecule has 5 aromatic rings. The predicted molar refractivity (Wildman–Crippen MR) is 165 cm³/mol. The summed E-state index contributed by atoms with van der Waals surface area (Å²) in [7, 11) is -1.58. The van der Waals surface area contributed by atoms with E-state index in [-0.39, 0.29) is 10.6 Å². The Morgan fingerprint density at radius 3 is 2.12 bits per heavy atom. The number of fused-ring (bicyclic) bond motifs is 1. The lowest BCUT2D eigenvalue weighted by Gasteiger charge is -2.43. The molecule has 2 heterocycles. The first-order valence-electron chi connectivity index (χ1n) is 13.3. The summed E-state index contributed by atoms with van der Waals surface area (Å²) in [5, 5.41) is 12.9. The number of para-hydroxylation sites is 1. The van der Waals surface area contributed by atoms with Crippen molar-refractivity contribution in [2.45, 2.75) is 32.2 Å². The molecule has 0 amide bonds. The van der Waals surface area contributed by atoms with E-state index in [0.29, 0.717) is 23.5 Å². The van der Waals surface area contributed by atoms with Crippen molar-refractivity contribution in [1.82, 2.24) is 9.55 Å². The van der Waals surface area contributed by atoms with Crippen molar-refractivity contribution < 1.29 is 19.1 Å². The largest absolute Gasteiger partial charge is 0.505 e. The number of nitrogens with zero attached hydrogens (tertiary/aromatic N) is 2. The van der Waals surface area contributed by atoms with E-state index in [1.54, 1.807) is 0 Å². The monoisotopic (exact) mass is 584 g/mol. The van der Waals surface area contributed by atoms with Crippen molar-refractivity contribution in [2.75, 3.05) is 13.7 Å². The molecule has 3 aromatic carbocycles. The minimum Gasteiger partial charge on any atom is -0.505 e. The number of aromatic hydroxyl groups is 1. The number of thiazole rings is 1. The Hall–Kier alpha value is -4.05. The molecule has 7 nitrogen and oxygen atoms in total. The van der Waals surface area contributed by atoms with E-state index in [1.807, 2.05) is 36.4 Å². The quantitative estimate of drug-likeness (QED) is 0.203. The number of pyridine rings is 1. The second kappa shape index (κ2) is 11.4. The lowest BCUT2D eigenvalue weighted by molar-refractivity contribution is 0.0595. The summed E-state index contributed by atoms with van der Waals surface area (Å²) in [4.78, 5) is 30.8. The van der Waals surface area contributed by atoms with Gasteiger partial charge in [-0.3, -0.25) is 9.36 Å². The van der Waals surface area contributed by atoms with Gasteiger partial charge in [-0.1, -0.05) is 99.6 Å². The Kier molecular flexibility index (Phi) is 7.95. The highest BCUT2D eigenvalue weighted by Crippen LogP contribution is 2.37. The van der Waals surface area contributed by atoms with Gasteiger partial charge in [-0.2, -0.15) is 0 Å². The molecule has 5 rings (SSSR count). The normalized spacial score (nSPS) is 12.0. The number of rotatable bonds is 8. The summed E-state index contributed by atoms with van der Waals surface area (Å²) in [5.74, 6) is -1.38. The van der Waals surface area contributed by atoms with Gasteiger partial charge in [0.25, 0.3) is 13.9 Å². The van der Waals surface area contributed by atoms with Gasteiger partial charge in [0.05, 0.1) is 18.3 Å². The number of carbonyl (C=O) groups excluding carboxylic acids is 1. The third-order valence-electron chi connectivity index (χ3n) is 7.36. The Bertz CT molecular complexity index is 1700. The van der Waals surface area contributed by atoms with E-state index >= 15 is 0 Å². The SMILES string of the molecule is COC(=O)c1c(O)c2ncsc2n(-c2ccccc2CCO[Si](c2ccccc2)(c2ccccc2)C(C)(C)C)c1=O. The molecule has 0 unspecified atom stereocenters. The Labute approximate surface area is 243 Å². The summed E-state index contributed by atoms with van der Waals surface area (Å²) >= 11 is 1.22. The summed E-state index contributed by atoms with van der Waals surface area (Å²) in [6, 6.07) is 28.4. The van der Waals surface area contributed by atoms with Crippen molar-refractivity contribution in [2.24, 2.45) is 0 Å². The second-order valence-electron chi connectivity index (χ2n) is 10.8. The highest BCUT2D eigenvalue weighted by atomic mass is 32.1. The fraction of sp³-hybridized carbons (Fsp3) is 0.219. The van der Waals surface area contributed by atoms with E-state index in [1.165, 1.54) is 38.9 Å². The van der Waals surface area contributed by atoms with Gasteiger partial charge in [-0.25, -0.2) is 9.78 Å². The van der Waals surface area contributed by atoms with Crippen LogP contribution in [0.3, 0.4) is 0 Å². The van der Waals surface area contributed by atoms with E-state index in [4.69, 9.17) is 9.16 Å². The lowest BCUT2D eigenvalue weighted by atomic mass is 10.1. The first kappa shape index (κ1) is 28.5. The number of methoxy groups -OCH3 is 1. The number of hydrogen-bond donors (Lipinski definition) is 1. The van der Waals surface area contributed by atoms with Gasteiger partial charge >= 0.3 is 5.97 Å². The molecule has 0 aliphatic heterocycles. The van der Waals surface area contributed by atoms with Gasteiger partial charge in [-0.15, -0.1) is 11.3 Å².